The van der Waals surface area contributed by atoms with Gasteiger partial charge < -0.3 is 10.8 Å². The van der Waals surface area contributed by atoms with Gasteiger partial charge in [0.05, 0.1) is 10.6 Å². The van der Waals surface area contributed by atoms with Crippen molar-refractivity contribution < 1.29 is 14.5 Å². The van der Waals surface area contributed by atoms with Crippen molar-refractivity contribution in [1.29, 1.82) is 0 Å². The maximum Gasteiger partial charge on any atom is 0.294 e. The van der Waals surface area contributed by atoms with Crippen molar-refractivity contribution >= 4 is 28.8 Å². The van der Waals surface area contributed by atoms with E-state index in [1.807, 2.05) is 17.5 Å². The summed E-state index contributed by atoms with van der Waals surface area (Å²) in [5.41, 5.74) is 9.79. The van der Waals surface area contributed by atoms with Crippen molar-refractivity contribution in [2.24, 2.45) is 5.10 Å². The number of carbonyl (C=O) groups excluding carboxylic acids is 1. The van der Waals surface area contributed by atoms with E-state index in [9.17, 15) is 9.90 Å². The van der Waals surface area contributed by atoms with Crippen molar-refractivity contribution in [1.82, 2.24) is 30.7 Å². The van der Waals surface area contributed by atoms with Gasteiger partial charge in [-0.3, -0.25) is 4.79 Å². The summed E-state index contributed by atoms with van der Waals surface area (Å²) < 4.78 is 5.92. The maximum atomic E-state index is 12.8. The molecule has 0 aliphatic rings. The Morgan fingerprint density at radius 1 is 1.31 bits per heavy atom. The second-order valence-corrected chi connectivity index (χ2v) is 6.78. The zero-order valence-corrected chi connectivity index (χ0v) is 15.8. The molecule has 0 aliphatic heterocycles. The molecule has 0 bridgehead atoms. The highest BCUT2D eigenvalue weighted by molar-refractivity contribution is 7.13. The normalized spacial score (nSPS) is 11.6. The number of amides is 1. The molecule has 0 saturated carbocycles. The molecule has 0 fully saturated rings. The summed E-state index contributed by atoms with van der Waals surface area (Å²) in [6, 6.07) is 10.2. The van der Waals surface area contributed by atoms with Crippen LogP contribution < -0.4 is 11.2 Å². The fourth-order valence-electron chi connectivity index (χ4n) is 2.54. The number of aromatic hydroxyl groups is 1. The first kappa shape index (κ1) is 18.3. The molecule has 0 aliphatic carbocycles. The van der Waals surface area contributed by atoms with Crippen LogP contribution in [0.5, 0.6) is 5.75 Å². The predicted octanol–water partition coefficient (Wildman–Crippen LogP) is 1.82. The number of anilines is 1. The number of rotatable bonds is 5. The van der Waals surface area contributed by atoms with Crippen LogP contribution in [-0.2, 0) is 0 Å². The summed E-state index contributed by atoms with van der Waals surface area (Å²) in [4.78, 5) is 13.5. The number of nitrogen functional groups attached to an aromatic ring is 1. The summed E-state index contributed by atoms with van der Waals surface area (Å²) in [6.45, 7) is 1.70. The Balaban J connectivity index is 1.68. The smallest absolute Gasteiger partial charge is 0.294 e. The number of hydrogen-bond acceptors (Lipinski definition) is 10. The van der Waals surface area contributed by atoms with E-state index >= 15 is 0 Å². The molecule has 1 aromatic carbocycles. The SMILES string of the molecule is C/C(=N/NC(=O)c1nnn(-c2nonc2N)c1-c1cccs1)c1cccc(O)c1. The Labute approximate surface area is 167 Å². The van der Waals surface area contributed by atoms with Crippen LogP contribution >= 0.6 is 11.3 Å². The zero-order chi connectivity index (χ0) is 20.4. The van der Waals surface area contributed by atoms with E-state index in [-0.39, 0.29) is 23.1 Å². The highest BCUT2D eigenvalue weighted by atomic mass is 32.1. The molecule has 0 radical (unpaired) electrons. The lowest BCUT2D eigenvalue weighted by Crippen LogP contribution is -2.20. The molecule has 0 atom stereocenters. The second kappa shape index (κ2) is 7.52. The van der Waals surface area contributed by atoms with E-state index in [0.717, 1.165) is 4.88 Å². The summed E-state index contributed by atoms with van der Waals surface area (Å²) >= 11 is 1.39. The molecule has 1 amide bonds. The third-order valence-electron chi connectivity index (χ3n) is 3.93. The molecule has 0 unspecified atom stereocenters. The fraction of sp³-hybridized carbons (Fsp3) is 0.0588. The number of phenolic OH excluding ortho intramolecular Hbond substituents is 1. The molecule has 11 nitrogen and oxygen atoms in total. The van der Waals surface area contributed by atoms with Crippen molar-refractivity contribution in [3.05, 3.63) is 53.0 Å². The van der Waals surface area contributed by atoms with Gasteiger partial charge in [-0.1, -0.05) is 23.4 Å². The summed E-state index contributed by atoms with van der Waals surface area (Å²) in [6.07, 6.45) is 0. The van der Waals surface area contributed by atoms with Gasteiger partial charge in [0.1, 0.15) is 11.4 Å². The van der Waals surface area contributed by atoms with Crippen LogP contribution in [0.1, 0.15) is 23.0 Å². The Bertz CT molecular complexity index is 1200. The van der Waals surface area contributed by atoms with Gasteiger partial charge in [0.2, 0.25) is 11.6 Å². The second-order valence-electron chi connectivity index (χ2n) is 5.84. The minimum absolute atomic E-state index is 0.0115. The molecule has 3 heterocycles. The van der Waals surface area contributed by atoms with E-state index in [0.29, 0.717) is 17.0 Å². The average Bonchev–Trinajstić information content (AvgIpc) is 3.45. The Hall–Kier alpha value is -4.06. The lowest BCUT2D eigenvalue weighted by atomic mass is 10.1. The summed E-state index contributed by atoms with van der Waals surface area (Å²) in [5.74, 6) is -0.337. The summed E-state index contributed by atoms with van der Waals surface area (Å²) in [7, 11) is 0. The Morgan fingerprint density at radius 3 is 2.86 bits per heavy atom. The molecular weight excluding hydrogens is 396 g/mol. The van der Waals surface area contributed by atoms with E-state index in [1.165, 1.54) is 16.0 Å². The molecular formula is C17H14N8O3S. The van der Waals surface area contributed by atoms with Gasteiger partial charge in [-0.15, -0.1) is 16.4 Å². The first-order valence-corrected chi connectivity index (χ1v) is 9.14. The Morgan fingerprint density at radius 2 is 2.17 bits per heavy atom. The van der Waals surface area contributed by atoms with E-state index in [4.69, 9.17) is 5.73 Å². The molecule has 146 valence electrons. The lowest BCUT2D eigenvalue weighted by molar-refractivity contribution is 0.0950. The monoisotopic (exact) mass is 410 g/mol. The maximum absolute atomic E-state index is 12.8. The van der Waals surface area contributed by atoms with Crippen LogP contribution in [0.4, 0.5) is 5.82 Å². The number of thiophene rings is 1. The van der Waals surface area contributed by atoms with Crippen LogP contribution in [0.15, 0.2) is 51.5 Å². The van der Waals surface area contributed by atoms with Gasteiger partial charge in [-0.2, -0.15) is 9.78 Å². The number of nitrogens with two attached hydrogens (primary N) is 1. The number of hydrogen-bond donors (Lipinski definition) is 3. The van der Waals surface area contributed by atoms with Crippen LogP contribution in [0.3, 0.4) is 0 Å². The number of nitrogens with zero attached hydrogens (tertiary/aromatic N) is 6. The van der Waals surface area contributed by atoms with Gasteiger partial charge in [0.25, 0.3) is 5.91 Å². The van der Waals surface area contributed by atoms with Gasteiger partial charge in [-0.25, -0.2) is 10.1 Å². The number of phenols is 1. The average molecular weight is 410 g/mol. The lowest BCUT2D eigenvalue weighted by Gasteiger charge is -2.04. The van der Waals surface area contributed by atoms with Crippen molar-refractivity contribution in [2.75, 3.05) is 5.73 Å². The number of aromatic nitrogens is 5. The molecule has 4 N–H and O–H groups in total. The number of carbonyl (C=O) groups is 1. The van der Waals surface area contributed by atoms with Crippen LogP contribution in [0, 0.1) is 0 Å². The van der Waals surface area contributed by atoms with E-state index in [2.05, 4.69) is 35.8 Å². The number of nitrogens with one attached hydrogen (secondary N) is 1. The molecule has 0 saturated heterocycles. The van der Waals surface area contributed by atoms with Crippen molar-refractivity contribution in [3.63, 3.8) is 0 Å². The molecule has 29 heavy (non-hydrogen) atoms. The minimum Gasteiger partial charge on any atom is -0.508 e. The van der Waals surface area contributed by atoms with Crippen molar-refractivity contribution in [3.8, 4) is 22.1 Å². The standard InChI is InChI=1S/C17H14N8O3S/c1-9(10-4-2-5-11(26)8-10)19-21-17(27)13-14(12-6-3-7-29-12)25(24-20-13)16-15(18)22-28-23-16/h2-8,26H,1H3,(H2,18,22)(H,21,27)/b19-9-. The molecule has 4 aromatic rings. The van der Waals surface area contributed by atoms with E-state index in [1.54, 1.807) is 31.2 Å². The van der Waals surface area contributed by atoms with Gasteiger partial charge >= 0.3 is 0 Å². The summed E-state index contributed by atoms with van der Waals surface area (Å²) in [5, 5.41) is 30.7. The first-order valence-electron chi connectivity index (χ1n) is 8.26. The van der Waals surface area contributed by atoms with Crippen molar-refractivity contribution in [2.45, 2.75) is 6.92 Å². The topological polar surface area (TPSA) is 157 Å². The number of benzene rings is 1. The predicted molar refractivity (Wildman–Crippen MR) is 105 cm³/mol. The van der Waals surface area contributed by atoms with Crippen LogP contribution in [-0.4, -0.2) is 42.0 Å². The quantitative estimate of drug-likeness (QED) is 0.332. The fourth-order valence-corrected chi connectivity index (χ4v) is 3.29. The zero-order valence-electron chi connectivity index (χ0n) is 15.0. The van der Waals surface area contributed by atoms with Crippen LogP contribution in [0.25, 0.3) is 16.4 Å². The first-order chi connectivity index (χ1) is 14.0. The third-order valence-corrected chi connectivity index (χ3v) is 4.80. The van der Waals surface area contributed by atoms with Gasteiger partial charge in [-0.05, 0) is 40.8 Å². The minimum atomic E-state index is -0.575. The highest BCUT2D eigenvalue weighted by Gasteiger charge is 2.25. The van der Waals surface area contributed by atoms with Crippen LogP contribution in [0.2, 0.25) is 0 Å². The van der Waals surface area contributed by atoms with Gasteiger partial charge in [0.15, 0.2) is 5.69 Å². The highest BCUT2D eigenvalue weighted by Crippen LogP contribution is 2.29. The van der Waals surface area contributed by atoms with E-state index < -0.39 is 5.91 Å². The number of hydrazone groups is 1. The largest absolute Gasteiger partial charge is 0.508 e. The molecule has 0 spiro atoms. The Kier molecular flexibility index (Phi) is 4.75. The molecule has 12 heteroatoms. The van der Waals surface area contributed by atoms with Gasteiger partial charge in [0, 0.05) is 5.56 Å². The molecule has 4 rings (SSSR count). The molecule has 3 aromatic heterocycles. The third kappa shape index (κ3) is 3.55.